The van der Waals surface area contributed by atoms with Crippen molar-refractivity contribution >= 4 is 17.7 Å². The molecule has 1 aliphatic rings. The molecule has 0 aromatic heterocycles. The zero-order valence-electron chi connectivity index (χ0n) is 14.2. The van der Waals surface area contributed by atoms with Gasteiger partial charge >= 0.3 is 0 Å². The Hall–Kier alpha value is -1.00. The fraction of sp³-hybridized carbons (Fsp3) is 0.611. The van der Waals surface area contributed by atoms with Crippen LogP contribution < -0.4 is 0 Å². The molecule has 0 saturated carbocycles. The Morgan fingerprint density at radius 1 is 1.27 bits per heavy atom. The number of benzene rings is 1. The van der Waals surface area contributed by atoms with Crippen molar-refractivity contribution in [2.75, 3.05) is 33.4 Å². The topological polar surface area (TPSA) is 23.6 Å². The van der Waals surface area contributed by atoms with Gasteiger partial charge < -0.3 is 9.80 Å². The van der Waals surface area contributed by atoms with Gasteiger partial charge in [-0.25, -0.2) is 0 Å². The minimum Gasteiger partial charge on any atom is -0.340 e. The summed E-state index contributed by atoms with van der Waals surface area (Å²) in [5.74, 6) is 0.880. The van der Waals surface area contributed by atoms with Gasteiger partial charge in [0.05, 0.1) is 6.42 Å². The summed E-state index contributed by atoms with van der Waals surface area (Å²) in [7, 11) is 4.25. The van der Waals surface area contributed by atoms with Gasteiger partial charge in [0.2, 0.25) is 5.91 Å². The third-order valence-electron chi connectivity index (χ3n) is 4.60. The first-order chi connectivity index (χ1) is 10.5. The van der Waals surface area contributed by atoms with Crippen molar-refractivity contribution in [3.63, 3.8) is 0 Å². The van der Waals surface area contributed by atoms with E-state index in [0.29, 0.717) is 18.4 Å². The standard InChI is InChI=1S/C18H28N2OS/c1-5-6-15-12-20(13-17(15)19(2)3)18(21)11-14-7-9-16(22-4)10-8-14/h7-10,15,17H,5-6,11-13H2,1-4H3/t15-,17-/m1/s1. The lowest BCUT2D eigenvalue weighted by atomic mass is 9.98. The van der Waals surface area contributed by atoms with Crippen LogP contribution in [0.15, 0.2) is 29.2 Å². The van der Waals surface area contributed by atoms with Gasteiger partial charge in [0.25, 0.3) is 0 Å². The normalized spacial score (nSPS) is 21.6. The number of carbonyl (C=O) groups excluding carboxylic acids is 1. The van der Waals surface area contributed by atoms with E-state index in [9.17, 15) is 4.79 Å². The van der Waals surface area contributed by atoms with Crippen LogP contribution >= 0.6 is 11.8 Å². The van der Waals surface area contributed by atoms with Crippen LogP contribution in [0.3, 0.4) is 0 Å². The van der Waals surface area contributed by atoms with Crippen LogP contribution in [0.2, 0.25) is 0 Å². The largest absolute Gasteiger partial charge is 0.340 e. The molecule has 1 saturated heterocycles. The second-order valence-corrected chi connectivity index (χ2v) is 7.28. The van der Waals surface area contributed by atoms with Gasteiger partial charge in [0, 0.05) is 24.0 Å². The van der Waals surface area contributed by atoms with Crippen molar-refractivity contribution in [3.8, 4) is 0 Å². The molecule has 1 amide bonds. The van der Waals surface area contributed by atoms with Gasteiger partial charge in [-0.1, -0.05) is 25.5 Å². The van der Waals surface area contributed by atoms with Crippen LogP contribution in [0.5, 0.6) is 0 Å². The smallest absolute Gasteiger partial charge is 0.227 e. The fourth-order valence-electron chi connectivity index (χ4n) is 3.33. The Morgan fingerprint density at radius 2 is 1.95 bits per heavy atom. The Balaban J connectivity index is 1.97. The maximum absolute atomic E-state index is 12.6. The summed E-state index contributed by atoms with van der Waals surface area (Å²) in [4.78, 5) is 18.2. The Kier molecular flexibility index (Phi) is 6.33. The fourth-order valence-corrected chi connectivity index (χ4v) is 3.74. The van der Waals surface area contributed by atoms with Gasteiger partial charge in [-0.05, 0) is 50.4 Å². The first-order valence-corrected chi connectivity index (χ1v) is 9.34. The number of hydrogen-bond donors (Lipinski definition) is 0. The van der Waals surface area contributed by atoms with Gasteiger partial charge in [-0.2, -0.15) is 0 Å². The summed E-state index contributed by atoms with van der Waals surface area (Å²) in [6, 6.07) is 8.85. The molecule has 0 unspecified atom stereocenters. The van der Waals surface area contributed by atoms with E-state index in [2.05, 4.69) is 61.3 Å². The highest BCUT2D eigenvalue weighted by atomic mass is 32.2. The van der Waals surface area contributed by atoms with Crippen molar-refractivity contribution < 1.29 is 4.79 Å². The number of carbonyl (C=O) groups is 1. The summed E-state index contributed by atoms with van der Waals surface area (Å²) in [5, 5.41) is 0. The Labute approximate surface area is 139 Å². The SMILES string of the molecule is CCC[C@@H]1CN(C(=O)Cc2ccc(SC)cc2)C[C@H]1N(C)C. The van der Waals surface area contributed by atoms with E-state index in [1.54, 1.807) is 11.8 Å². The van der Waals surface area contributed by atoms with E-state index in [0.717, 1.165) is 18.7 Å². The third kappa shape index (κ3) is 4.26. The molecule has 1 heterocycles. The first-order valence-electron chi connectivity index (χ1n) is 8.12. The molecule has 22 heavy (non-hydrogen) atoms. The van der Waals surface area contributed by atoms with Crippen LogP contribution in [0.25, 0.3) is 0 Å². The molecule has 0 aliphatic carbocycles. The summed E-state index contributed by atoms with van der Waals surface area (Å²) < 4.78 is 0. The Morgan fingerprint density at radius 3 is 2.50 bits per heavy atom. The average Bonchev–Trinajstić information content (AvgIpc) is 2.93. The van der Waals surface area contributed by atoms with Crippen molar-refractivity contribution in [3.05, 3.63) is 29.8 Å². The van der Waals surface area contributed by atoms with Crippen LogP contribution in [-0.2, 0) is 11.2 Å². The number of amides is 1. The van der Waals surface area contributed by atoms with Crippen molar-refractivity contribution in [2.24, 2.45) is 5.92 Å². The lowest BCUT2D eigenvalue weighted by Gasteiger charge is -2.24. The van der Waals surface area contributed by atoms with E-state index in [4.69, 9.17) is 0 Å². The summed E-state index contributed by atoms with van der Waals surface area (Å²) in [5.41, 5.74) is 1.11. The van der Waals surface area contributed by atoms with E-state index in [-0.39, 0.29) is 5.91 Å². The zero-order valence-corrected chi connectivity index (χ0v) is 15.0. The molecule has 0 spiro atoms. The molecule has 1 aromatic carbocycles. The quantitative estimate of drug-likeness (QED) is 0.752. The molecule has 4 heteroatoms. The maximum Gasteiger partial charge on any atom is 0.227 e. The van der Waals surface area contributed by atoms with Crippen molar-refractivity contribution in [1.29, 1.82) is 0 Å². The highest BCUT2D eigenvalue weighted by molar-refractivity contribution is 7.98. The number of thioether (sulfide) groups is 1. The average molecular weight is 321 g/mol. The highest BCUT2D eigenvalue weighted by Gasteiger charge is 2.35. The van der Waals surface area contributed by atoms with Gasteiger partial charge in [-0.3, -0.25) is 4.79 Å². The summed E-state index contributed by atoms with van der Waals surface area (Å²) >= 11 is 1.73. The molecule has 2 atom stereocenters. The first kappa shape index (κ1) is 17.4. The maximum atomic E-state index is 12.6. The number of likely N-dealkylation sites (tertiary alicyclic amines) is 1. The van der Waals surface area contributed by atoms with E-state index in [1.807, 2.05) is 0 Å². The molecule has 0 radical (unpaired) electrons. The molecule has 3 nitrogen and oxygen atoms in total. The van der Waals surface area contributed by atoms with Crippen molar-refractivity contribution in [1.82, 2.24) is 9.80 Å². The van der Waals surface area contributed by atoms with Crippen LogP contribution in [0.4, 0.5) is 0 Å². The lowest BCUT2D eigenvalue weighted by Crippen LogP contribution is -2.36. The molecule has 2 rings (SSSR count). The minimum absolute atomic E-state index is 0.266. The van der Waals surface area contributed by atoms with E-state index in [1.165, 1.54) is 17.7 Å². The molecule has 0 bridgehead atoms. The van der Waals surface area contributed by atoms with Gasteiger partial charge in [0.1, 0.15) is 0 Å². The molecule has 122 valence electrons. The second kappa shape index (κ2) is 8.02. The predicted molar refractivity (Wildman–Crippen MR) is 94.4 cm³/mol. The van der Waals surface area contributed by atoms with E-state index < -0.39 is 0 Å². The third-order valence-corrected chi connectivity index (χ3v) is 5.34. The lowest BCUT2D eigenvalue weighted by molar-refractivity contribution is -0.129. The number of likely N-dealkylation sites (N-methyl/N-ethyl adjacent to an activating group) is 1. The monoisotopic (exact) mass is 320 g/mol. The Bertz CT molecular complexity index is 486. The molecule has 1 aliphatic heterocycles. The number of hydrogen-bond acceptors (Lipinski definition) is 3. The van der Waals surface area contributed by atoms with Crippen molar-refractivity contribution in [2.45, 2.75) is 37.1 Å². The van der Waals surface area contributed by atoms with Crippen LogP contribution in [0.1, 0.15) is 25.3 Å². The predicted octanol–water partition coefficient (Wildman–Crippen LogP) is 3.14. The molecular formula is C18H28N2OS. The summed E-state index contributed by atoms with van der Waals surface area (Å²) in [6.45, 7) is 4.02. The van der Waals surface area contributed by atoms with Gasteiger partial charge in [-0.15, -0.1) is 11.8 Å². The van der Waals surface area contributed by atoms with Gasteiger partial charge in [0.15, 0.2) is 0 Å². The highest BCUT2D eigenvalue weighted by Crippen LogP contribution is 2.25. The summed E-state index contributed by atoms with van der Waals surface area (Å²) in [6.07, 6.45) is 4.98. The number of nitrogens with zero attached hydrogens (tertiary/aromatic N) is 2. The van der Waals surface area contributed by atoms with Crippen LogP contribution in [0, 0.1) is 5.92 Å². The number of rotatable bonds is 6. The molecule has 1 aromatic rings. The molecule has 1 fully saturated rings. The zero-order chi connectivity index (χ0) is 16.1. The van der Waals surface area contributed by atoms with E-state index >= 15 is 0 Å². The molecular weight excluding hydrogens is 292 g/mol. The minimum atomic E-state index is 0.266. The molecule has 0 N–H and O–H groups in total. The second-order valence-electron chi connectivity index (χ2n) is 6.40. The van der Waals surface area contributed by atoms with Crippen LogP contribution in [-0.4, -0.2) is 55.2 Å².